The topological polar surface area (TPSA) is 75.6 Å². The molecule has 5 nitrogen and oxygen atoms in total. The van der Waals surface area contributed by atoms with E-state index in [0.717, 1.165) is 11.1 Å². The van der Waals surface area contributed by atoms with Crippen molar-refractivity contribution >= 4 is 17.6 Å². The molecule has 0 bridgehead atoms. The lowest BCUT2D eigenvalue weighted by molar-refractivity contribution is 0.101. The Bertz CT molecular complexity index is 1000. The van der Waals surface area contributed by atoms with Crippen LogP contribution in [0.3, 0.4) is 0 Å². The van der Waals surface area contributed by atoms with E-state index in [0.29, 0.717) is 17.0 Å². The number of benzene rings is 3. The van der Waals surface area contributed by atoms with E-state index in [1.54, 1.807) is 48.5 Å². The van der Waals surface area contributed by atoms with E-state index in [2.05, 4.69) is 19.2 Å². The van der Waals surface area contributed by atoms with E-state index >= 15 is 0 Å². The van der Waals surface area contributed by atoms with Crippen molar-refractivity contribution in [2.45, 2.75) is 26.2 Å². The summed E-state index contributed by atoms with van der Waals surface area (Å²) in [6.45, 7) is 5.67. The van der Waals surface area contributed by atoms with Crippen molar-refractivity contribution in [3.05, 3.63) is 89.5 Å². The molecule has 148 valence electrons. The molecule has 0 aliphatic rings. The highest BCUT2D eigenvalue weighted by Crippen LogP contribution is 2.33. The molecule has 0 saturated heterocycles. The van der Waals surface area contributed by atoms with E-state index < -0.39 is 6.09 Å². The summed E-state index contributed by atoms with van der Waals surface area (Å²) in [6.07, 6.45) is -0.605. The number of phenolic OH excluding ortho intramolecular Hbond substituents is 1. The molecule has 3 aromatic carbocycles. The summed E-state index contributed by atoms with van der Waals surface area (Å²) in [5.74, 6) is 0.623. The average Bonchev–Trinajstić information content (AvgIpc) is 2.69. The number of amides is 1. The Kier molecular flexibility index (Phi) is 5.69. The van der Waals surface area contributed by atoms with Gasteiger partial charge in [-0.1, -0.05) is 38.1 Å². The van der Waals surface area contributed by atoms with Crippen molar-refractivity contribution < 1.29 is 19.4 Å². The van der Waals surface area contributed by atoms with Crippen LogP contribution < -0.4 is 10.1 Å². The van der Waals surface area contributed by atoms with Crippen molar-refractivity contribution in [3.63, 3.8) is 0 Å². The molecule has 0 heterocycles. The first-order chi connectivity index (χ1) is 13.8. The van der Waals surface area contributed by atoms with Crippen LogP contribution in [0.25, 0.3) is 0 Å². The van der Waals surface area contributed by atoms with Crippen LogP contribution in [0.5, 0.6) is 11.5 Å². The maximum Gasteiger partial charge on any atom is 0.417 e. The number of ketones is 1. The Hall–Kier alpha value is -3.60. The van der Waals surface area contributed by atoms with Gasteiger partial charge in [-0.25, -0.2) is 4.79 Å². The monoisotopic (exact) mass is 389 g/mol. The van der Waals surface area contributed by atoms with E-state index in [1.165, 1.54) is 6.92 Å². The summed E-state index contributed by atoms with van der Waals surface area (Å²) in [6, 6.07) is 21.1. The van der Waals surface area contributed by atoms with Crippen molar-refractivity contribution in [1.29, 1.82) is 0 Å². The van der Waals surface area contributed by atoms with E-state index in [9.17, 15) is 14.7 Å². The van der Waals surface area contributed by atoms with Crippen LogP contribution in [-0.4, -0.2) is 17.0 Å². The summed E-state index contributed by atoms with van der Waals surface area (Å²) in [5.41, 5.74) is 2.97. The van der Waals surface area contributed by atoms with E-state index in [-0.39, 0.29) is 16.9 Å². The second-order valence-corrected chi connectivity index (χ2v) is 7.34. The molecule has 29 heavy (non-hydrogen) atoms. The molecule has 1 amide bonds. The predicted octanol–water partition coefficient (Wildman–Crippen LogP) is 5.53. The van der Waals surface area contributed by atoms with E-state index in [4.69, 9.17) is 4.74 Å². The largest absolute Gasteiger partial charge is 0.508 e. The van der Waals surface area contributed by atoms with Crippen LogP contribution in [0.4, 0.5) is 10.5 Å². The van der Waals surface area contributed by atoms with Crippen LogP contribution in [0.1, 0.15) is 42.3 Å². The molecule has 3 rings (SSSR count). The van der Waals surface area contributed by atoms with Gasteiger partial charge in [0.2, 0.25) is 0 Å². The lowest BCUT2D eigenvalue weighted by atomic mass is 9.78. The van der Waals surface area contributed by atoms with Gasteiger partial charge in [-0.2, -0.15) is 0 Å². The molecular weight excluding hydrogens is 366 g/mol. The number of rotatable bonds is 5. The molecule has 3 aromatic rings. The Morgan fingerprint density at radius 3 is 1.86 bits per heavy atom. The number of hydrogen-bond donors (Lipinski definition) is 2. The van der Waals surface area contributed by atoms with Gasteiger partial charge in [-0.3, -0.25) is 10.1 Å². The van der Waals surface area contributed by atoms with Gasteiger partial charge in [-0.15, -0.1) is 0 Å². The lowest BCUT2D eigenvalue weighted by Gasteiger charge is -2.26. The first-order valence-electron chi connectivity index (χ1n) is 9.25. The number of ether oxygens (including phenoxy) is 1. The van der Waals surface area contributed by atoms with Gasteiger partial charge in [-0.05, 0) is 66.6 Å². The van der Waals surface area contributed by atoms with Crippen LogP contribution >= 0.6 is 0 Å². The first-order valence-corrected chi connectivity index (χ1v) is 9.25. The molecule has 2 N–H and O–H groups in total. The Morgan fingerprint density at radius 2 is 1.34 bits per heavy atom. The highest BCUT2D eigenvalue weighted by atomic mass is 16.6. The fraction of sp³-hybridized carbons (Fsp3) is 0.167. The number of carbonyl (C=O) groups excluding carboxylic acids is 2. The van der Waals surface area contributed by atoms with Crippen molar-refractivity contribution in [2.24, 2.45) is 0 Å². The third-order valence-corrected chi connectivity index (χ3v) is 4.91. The van der Waals surface area contributed by atoms with E-state index in [1.807, 2.05) is 24.3 Å². The zero-order valence-corrected chi connectivity index (χ0v) is 16.6. The van der Waals surface area contributed by atoms with Crippen LogP contribution in [0.2, 0.25) is 0 Å². The molecule has 0 aromatic heterocycles. The number of nitrogens with one attached hydrogen (secondary N) is 1. The molecule has 0 aliphatic heterocycles. The van der Waals surface area contributed by atoms with Gasteiger partial charge in [0.15, 0.2) is 5.78 Å². The molecule has 0 radical (unpaired) electrons. The fourth-order valence-electron chi connectivity index (χ4n) is 3.02. The third kappa shape index (κ3) is 4.82. The molecule has 0 atom stereocenters. The van der Waals surface area contributed by atoms with Crippen LogP contribution in [-0.2, 0) is 5.41 Å². The minimum Gasteiger partial charge on any atom is -0.508 e. The first kappa shape index (κ1) is 20.1. The second kappa shape index (κ2) is 8.19. The minimum absolute atomic E-state index is 0.0329. The molecule has 0 fully saturated rings. The van der Waals surface area contributed by atoms with Crippen molar-refractivity contribution in [1.82, 2.24) is 0 Å². The number of hydrogen-bond acceptors (Lipinski definition) is 4. The SMILES string of the molecule is CC(=O)c1ccc(NC(=O)Oc2ccc(C(C)(C)c3ccc(O)cc3)cc2)cc1. The maximum atomic E-state index is 12.1. The summed E-state index contributed by atoms with van der Waals surface area (Å²) < 4.78 is 5.34. The summed E-state index contributed by atoms with van der Waals surface area (Å²) in [5, 5.41) is 12.1. The Labute approximate surface area is 170 Å². The highest BCUT2D eigenvalue weighted by molar-refractivity contribution is 5.95. The Morgan fingerprint density at radius 1 is 0.828 bits per heavy atom. The highest BCUT2D eigenvalue weighted by Gasteiger charge is 2.23. The molecule has 0 spiro atoms. The summed E-state index contributed by atoms with van der Waals surface area (Å²) >= 11 is 0. The second-order valence-electron chi connectivity index (χ2n) is 7.34. The lowest BCUT2D eigenvalue weighted by Crippen LogP contribution is -2.19. The maximum absolute atomic E-state index is 12.1. The van der Waals surface area contributed by atoms with Crippen LogP contribution in [0.15, 0.2) is 72.8 Å². The number of aromatic hydroxyl groups is 1. The van der Waals surface area contributed by atoms with Gasteiger partial charge >= 0.3 is 6.09 Å². The minimum atomic E-state index is -0.605. The summed E-state index contributed by atoms with van der Waals surface area (Å²) in [7, 11) is 0. The van der Waals surface area contributed by atoms with Crippen molar-refractivity contribution in [3.8, 4) is 11.5 Å². The summed E-state index contributed by atoms with van der Waals surface area (Å²) in [4.78, 5) is 23.4. The zero-order valence-electron chi connectivity index (χ0n) is 16.6. The van der Waals surface area contributed by atoms with Gasteiger partial charge in [0.25, 0.3) is 0 Å². The molecule has 0 saturated carbocycles. The number of Topliss-reactive ketones (excluding diaryl/α,β-unsaturated/α-hetero) is 1. The molecule has 0 aliphatic carbocycles. The average molecular weight is 389 g/mol. The van der Waals surface area contributed by atoms with Crippen molar-refractivity contribution in [2.75, 3.05) is 5.32 Å². The third-order valence-electron chi connectivity index (χ3n) is 4.91. The van der Waals surface area contributed by atoms with Gasteiger partial charge in [0, 0.05) is 16.7 Å². The standard InChI is InChI=1S/C24H23NO4/c1-16(26)17-4-10-20(11-5-17)25-23(28)29-22-14-8-19(9-15-22)24(2,3)18-6-12-21(27)13-7-18/h4-15,27H,1-3H3,(H,25,28). The molecule has 0 unspecified atom stereocenters. The van der Waals surface area contributed by atoms with Gasteiger partial charge in [0.1, 0.15) is 11.5 Å². The smallest absolute Gasteiger partial charge is 0.417 e. The molecular formula is C24H23NO4. The predicted molar refractivity (Wildman–Crippen MR) is 113 cm³/mol. The number of phenols is 1. The number of carbonyl (C=O) groups is 2. The zero-order chi connectivity index (χ0) is 21.0. The van der Waals surface area contributed by atoms with Crippen LogP contribution in [0, 0.1) is 0 Å². The molecule has 5 heteroatoms. The Balaban J connectivity index is 1.66. The van der Waals surface area contributed by atoms with Gasteiger partial charge < -0.3 is 9.84 Å². The fourth-order valence-corrected chi connectivity index (χ4v) is 3.02. The normalized spacial score (nSPS) is 11.0. The number of anilines is 1. The quantitative estimate of drug-likeness (QED) is 0.563. The van der Waals surface area contributed by atoms with Gasteiger partial charge in [0.05, 0.1) is 0 Å².